The molecule has 1 amide bonds. The Hall–Kier alpha value is -2.74. The summed E-state index contributed by atoms with van der Waals surface area (Å²) in [5.41, 5.74) is 4.22. The van der Waals surface area contributed by atoms with Gasteiger partial charge in [-0.15, -0.1) is 0 Å². The molecule has 1 aromatic carbocycles. The SMILES string of the molecule is Cc1cccc(C)c1OCC(=O)N/N=C\c1ccc([N+](=O)[O-])s1. The maximum absolute atomic E-state index is 11.7. The van der Waals surface area contributed by atoms with Crippen LogP contribution in [0.3, 0.4) is 0 Å². The van der Waals surface area contributed by atoms with Gasteiger partial charge in [0.15, 0.2) is 6.61 Å². The lowest BCUT2D eigenvalue weighted by Crippen LogP contribution is -2.24. The van der Waals surface area contributed by atoms with Gasteiger partial charge in [-0.1, -0.05) is 29.5 Å². The predicted octanol–water partition coefficient (Wildman–Crippen LogP) is 2.80. The number of hydrazone groups is 1. The highest BCUT2D eigenvalue weighted by molar-refractivity contribution is 7.16. The van der Waals surface area contributed by atoms with Crippen molar-refractivity contribution in [3.05, 3.63) is 56.5 Å². The van der Waals surface area contributed by atoms with Crippen molar-refractivity contribution < 1.29 is 14.5 Å². The van der Waals surface area contributed by atoms with E-state index < -0.39 is 10.8 Å². The monoisotopic (exact) mass is 333 g/mol. The van der Waals surface area contributed by atoms with Crippen molar-refractivity contribution in [1.82, 2.24) is 5.43 Å². The molecule has 2 aromatic rings. The molecule has 1 N–H and O–H groups in total. The smallest absolute Gasteiger partial charge is 0.324 e. The molecule has 0 bridgehead atoms. The Labute approximate surface area is 136 Å². The van der Waals surface area contributed by atoms with Gasteiger partial charge in [-0.2, -0.15) is 5.10 Å². The van der Waals surface area contributed by atoms with Crippen molar-refractivity contribution >= 4 is 28.5 Å². The fourth-order valence-corrected chi connectivity index (χ4v) is 2.57. The van der Waals surface area contributed by atoms with Crippen molar-refractivity contribution in [1.29, 1.82) is 0 Å². The van der Waals surface area contributed by atoms with Gasteiger partial charge in [0.1, 0.15) is 5.75 Å². The molecule has 0 radical (unpaired) electrons. The van der Waals surface area contributed by atoms with Crippen molar-refractivity contribution in [2.45, 2.75) is 13.8 Å². The number of ether oxygens (including phenoxy) is 1. The second-order valence-corrected chi connectivity index (χ2v) is 5.83. The van der Waals surface area contributed by atoms with Gasteiger partial charge in [0.2, 0.25) is 0 Å². The molecule has 0 saturated carbocycles. The Kier molecular flexibility index (Phi) is 5.42. The Bertz CT molecular complexity index is 735. The summed E-state index contributed by atoms with van der Waals surface area (Å²) in [6, 6.07) is 8.68. The average molecular weight is 333 g/mol. The molecule has 8 heteroatoms. The number of carbonyl (C=O) groups excluding carboxylic acids is 1. The van der Waals surface area contributed by atoms with Gasteiger partial charge in [0.25, 0.3) is 5.91 Å². The molecule has 1 aromatic heterocycles. The van der Waals surface area contributed by atoms with Gasteiger partial charge in [-0.3, -0.25) is 14.9 Å². The van der Waals surface area contributed by atoms with Crippen LogP contribution in [0.5, 0.6) is 5.75 Å². The molecule has 120 valence electrons. The minimum absolute atomic E-state index is 0.0242. The first kappa shape index (κ1) is 16.6. The first-order chi connectivity index (χ1) is 11.0. The number of hydrogen-bond acceptors (Lipinski definition) is 6. The van der Waals surface area contributed by atoms with Crippen LogP contribution in [-0.4, -0.2) is 23.7 Å². The van der Waals surface area contributed by atoms with Crippen LogP contribution in [0.15, 0.2) is 35.4 Å². The standard InChI is InChI=1S/C15H15N3O4S/c1-10-4-3-5-11(2)15(10)22-9-13(19)17-16-8-12-6-7-14(23-12)18(20)21/h3-8H,9H2,1-2H3,(H,17,19)/b16-8-. The van der Waals surface area contributed by atoms with Crippen LogP contribution in [0, 0.1) is 24.0 Å². The van der Waals surface area contributed by atoms with Gasteiger partial charge in [-0.25, -0.2) is 5.43 Å². The molecular weight excluding hydrogens is 318 g/mol. The van der Waals surface area contributed by atoms with Gasteiger partial charge < -0.3 is 4.74 Å². The zero-order chi connectivity index (χ0) is 16.8. The molecule has 0 fully saturated rings. The van der Waals surface area contributed by atoms with E-state index in [0.717, 1.165) is 22.5 Å². The molecule has 0 atom stereocenters. The Morgan fingerprint density at radius 3 is 2.65 bits per heavy atom. The molecule has 0 unspecified atom stereocenters. The summed E-state index contributed by atoms with van der Waals surface area (Å²) < 4.78 is 5.50. The summed E-state index contributed by atoms with van der Waals surface area (Å²) in [5, 5.41) is 14.3. The third-order valence-electron chi connectivity index (χ3n) is 2.93. The van der Waals surface area contributed by atoms with E-state index in [0.29, 0.717) is 10.6 Å². The third kappa shape index (κ3) is 4.62. The molecule has 0 saturated heterocycles. The quantitative estimate of drug-likeness (QED) is 0.499. The maximum atomic E-state index is 11.7. The fourth-order valence-electron chi connectivity index (χ4n) is 1.87. The number of thiophene rings is 1. The van der Waals surface area contributed by atoms with E-state index in [1.807, 2.05) is 32.0 Å². The number of hydrogen-bond donors (Lipinski definition) is 1. The van der Waals surface area contributed by atoms with Crippen LogP contribution in [0.4, 0.5) is 5.00 Å². The van der Waals surface area contributed by atoms with Gasteiger partial charge >= 0.3 is 5.00 Å². The highest BCUT2D eigenvalue weighted by Crippen LogP contribution is 2.23. The summed E-state index contributed by atoms with van der Waals surface area (Å²) >= 11 is 0.976. The zero-order valence-electron chi connectivity index (χ0n) is 12.6. The minimum Gasteiger partial charge on any atom is -0.483 e. The zero-order valence-corrected chi connectivity index (χ0v) is 13.4. The number of carbonyl (C=O) groups is 1. The first-order valence-electron chi connectivity index (χ1n) is 6.72. The predicted molar refractivity (Wildman–Crippen MR) is 88.1 cm³/mol. The topological polar surface area (TPSA) is 93.8 Å². The summed E-state index contributed by atoms with van der Waals surface area (Å²) in [4.78, 5) is 22.3. The number of para-hydroxylation sites is 1. The van der Waals surface area contributed by atoms with Crippen LogP contribution in [0.2, 0.25) is 0 Å². The highest BCUT2D eigenvalue weighted by atomic mass is 32.1. The molecular formula is C15H15N3O4S. The second kappa shape index (κ2) is 7.50. The molecule has 23 heavy (non-hydrogen) atoms. The molecule has 1 heterocycles. The summed E-state index contributed by atoms with van der Waals surface area (Å²) in [6.07, 6.45) is 1.36. The molecule has 0 aliphatic rings. The normalized spacial score (nSPS) is 10.7. The third-order valence-corrected chi connectivity index (χ3v) is 3.90. The molecule has 2 rings (SSSR count). The second-order valence-electron chi connectivity index (χ2n) is 4.74. The number of benzene rings is 1. The van der Waals surface area contributed by atoms with E-state index in [9.17, 15) is 14.9 Å². The Balaban J connectivity index is 1.85. The van der Waals surface area contributed by atoms with Crippen LogP contribution < -0.4 is 10.2 Å². The largest absolute Gasteiger partial charge is 0.483 e. The summed E-state index contributed by atoms with van der Waals surface area (Å²) in [6.45, 7) is 3.65. The lowest BCUT2D eigenvalue weighted by atomic mass is 10.1. The van der Waals surface area contributed by atoms with E-state index >= 15 is 0 Å². The van der Waals surface area contributed by atoms with Gasteiger partial charge in [-0.05, 0) is 31.0 Å². The minimum atomic E-state index is -0.473. The lowest BCUT2D eigenvalue weighted by Gasteiger charge is -2.10. The molecule has 7 nitrogen and oxygen atoms in total. The van der Waals surface area contributed by atoms with Crippen molar-refractivity contribution in [2.75, 3.05) is 6.61 Å². The number of aryl methyl sites for hydroxylation is 2. The average Bonchev–Trinajstić information content (AvgIpc) is 2.96. The number of nitro groups is 1. The number of rotatable bonds is 6. The van der Waals surface area contributed by atoms with Gasteiger partial charge in [0, 0.05) is 6.07 Å². The summed E-state index contributed by atoms with van der Waals surface area (Å²) in [5.74, 6) is 0.274. The van der Waals surface area contributed by atoms with E-state index in [-0.39, 0.29) is 11.6 Å². The van der Waals surface area contributed by atoms with Gasteiger partial charge in [0.05, 0.1) is 16.0 Å². The Morgan fingerprint density at radius 1 is 1.35 bits per heavy atom. The molecule has 0 spiro atoms. The van der Waals surface area contributed by atoms with Crippen LogP contribution in [-0.2, 0) is 4.79 Å². The fraction of sp³-hybridized carbons (Fsp3) is 0.200. The van der Waals surface area contributed by atoms with Crippen molar-refractivity contribution in [2.24, 2.45) is 5.10 Å². The number of amides is 1. The van der Waals surface area contributed by atoms with Crippen molar-refractivity contribution in [3.8, 4) is 5.75 Å². The van der Waals surface area contributed by atoms with Crippen LogP contribution >= 0.6 is 11.3 Å². The maximum Gasteiger partial charge on any atom is 0.324 e. The van der Waals surface area contributed by atoms with Crippen molar-refractivity contribution in [3.63, 3.8) is 0 Å². The number of nitrogens with one attached hydrogen (secondary N) is 1. The lowest BCUT2D eigenvalue weighted by molar-refractivity contribution is -0.380. The van der Waals surface area contributed by atoms with E-state index in [1.54, 1.807) is 6.07 Å². The summed E-state index contributed by atoms with van der Waals surface area (Å²) in [7, 11) is 0. The molecule has 0 aliphatic heterocycles. The van der Waals surface area contributed by atoms with Crippen LogP contribution in [0.25, 0.3) is 0 Å². The van der Waals surface area contributed by atoms with E-state index in [4.69, 9.17) is 4.74 Å². The number of nitrogens with zero attached hydrogens (tertiary/aromatic N) is 2. The van der Waals surface area contributed by atoms with E-state index in [1.165, 1.54) is 12.3 Å². The molecule has 0 aliphatic carbocycles. The highest BCUT2D eigenvalue weighted by Gasteiger charge is 2.09. The Morgan fingerprint density at radius 2 is 2.04 bits per heavy atom. The van der Waals surface area contributed by atoms with E-state index in [2.05, 4.69) is 10.5 Å². The van der Waals surface area contributed by atoms with Crippen LogP contribution in [0.1, 0.15) is 16.0 Å². The first-order valence-corrected chi connectivity index (χ1v) is 7.54.